The highest BCUT2D eigenvalue weighted by Crippen LogP contribution is 2.34. The van der Waals surface area contributed by atoms with Gasteiger partial charge >= 0.3 is 0 Å². The Balaban J connectivity index is 2.24. The molecule has 1 aromatic rings. The van der Waals surface area contributed by atoms with Gasteiger partial charge in [-0.15, -0.1) is 0 Å². The fourth-order valence-electron chi connectivity index (χ4n) is 1.73. The molecule has 0 unspecified atom stereocenters. The van der Waals surface area contributed by atoms with Crippen molar-refractivity contribution in [3.63, 3.8) is 0 Å². The predicted molar refractivity (Wildman–Crippen MR) is 46.7 cm³/mol. The van der Waals surface area contributed by atoms with E-state index in [0.717, 1.165) is 18.2 Å². The summed E-state index contributed by atoms with van der Waals surface area (Å²) in [6, 6.07) is 2.19. The van der Waals surface area contributed by atoms with Gasteiger partial charge in [-0.3, -0.25) is 0 Å². The fourth-order valence-corrected chi connectivity index (χ4v) is 1.73. The van der Waals surface area contributed by atoms with Gasteiger partial charge in [0.15, 0.2) is 0 Å². The van der Waals surface area contributed by atoms with Crippen LogP contribution in [0, 0.1) is 11.6 Å². The fraction of sp³-hybridized carbons (Fsp3) is 0.400. The molecule has 0 radical (unpaired) electrons. The van der Waals surface area contributed by atoms with Crippen LogP contribution in [0.4, 0.5) is 17.6 Å². The van der Waals surface area contributed by atoms with Crippen molar-refractivity contribution in [3.8, 4) is 0 Å². The monoisotopic (exact) mass is 219 g/mol. The van der Waals surface area contributed by atoms with E-state index in [1.54, 1.807) is 0 Å². The average molecular weight is 219 g/mol. The van der Waals surface area contributed by atoms with E-state index in [4.69, 9.17) is 0 Å². The molecule has 1 N–H and O–H groups in total. The number of alkyl halides is 2. The third-order valence-corrected chi connectivity index (χ3v) is 2.40. The van der Waals surface area contributed by atoms with Gasteiger partial charge in [0.25, 0.3) is 5.92 Å². The maximum Gasteiger partial charge on any atom is 0.262 e. The van der Waals surface area contributed by atoms with Crippen LogP contribution < -0.4 is 5.32 Å². The first-order valence-corrected chi connectivity index (χ1v) is 4.53. The minimum atomic E-state index is -2.80. The van der Waals surface area contributed by atoms with Crippen molar-refractivity contribution in [2.45, 2.75) is 18.4 Å². The van der Waals surface area contributed by atoms with E-state index in [-0.39, 0.29) is 5.56 Å². The molecule has 1 aliphatic heterocycles. The first-order valence-electron chi connectivity index (χ1n) is 4.53. The molecule has 2 rings (SSSR count). The zero-order valence-electron chi connectivity index (χ0n) is 7.74. The molecule has 1 heterocycles. The molecule has 0 spiro atoms. The van der Waals surface area contributed by atoms with Crippen molar-refractivity contribution in [3.05, 3.63) is 35.4 Å². The maximum absolute atomic E-state index is 12.8. The average Bonchev–Trinajstić information content (AvgIpc) is 2.44. The highest BCUT2D eigenvalue weighted by atomic mass is 19.3. The van der Waals surface area contributed by atoms with E-state index < -0.39 is 36.6 Å². The number of benzene rings is 1. The van der Waals surface area contributed by atoms with E-state index in [0.29, 0.717) is 0 Å². The molecular weight excluding hydrogens is 210 g/mol. The normalized spacial score (nSPS) is 24.4. The summed E-state index contributed by atoms with van der Waals surface area (Å²) in [7, 11) is 0. The minimum Gasteiger partial charge on any atom is -0.304 e. The summed E-state index contributed by atoms with van der Waals surface area (Å²) >= 11 is 0. The van der Waals surface area contributed by atoms with E-state index in [1.807, 2.05) is 0 Å². The Bertz CT molecular complexity index is 357. The molecule has 1 atom stereocenters. The van der Waals surface area contributed by atoms with Crippen LogP contribution in [-0.2, 0) is 0 Å². The molecular formula is C10H9F4N. The molecule has 82 valence electrons. The minimum absolute atomic E-state index is 0.227. The largest absolute Gasteiger partial charge is 0.304 e. The Kier molecular flexibility index (Phi) is 2.42. The van der Waals surface area contributed by atoms with Crippen molar-refractivity contribution in [2.75, 3.05) is 6.54 Å². The smallest absolute Gasteiger partial charge is 0.262 e. The van der Waals surface area contributed by atoms with Gasteiger partial charge in [-0.1, -0.05) is 0 Å². The number of rotatable bonds is 1. The van der Waals surface area contributed by atoms with Gasteiger partial charge < -0.3 is 5.32 Å². The number of hydrogen-bond donors (Lipinski definition) is 1. The zero-order valence-corrected chi connectivity index (χ0v) is 7.74. The number of halogens is 4. The Morgan fingerprint density at radius 1 is 1.13 bits per heavy atom. The first kappa shape index (κ1) is 10.4. The molecule has 0 aliphatic carbocycles. The first-order chi connectivity index (χ1) is 6.96. The van der Waals surface area contributed by atoms with Crippen LogP contribution in [0.5, 0.6) is 0 Å². The number of nitrogens with one attached hydrogen (secondary N) is 1. The highest BCUT2D eigenvalue weighted by molar-refractivity contribution is 5.23. The van der Waals surface area contributed by atoms with Gasteiger partial charge in [0.1, 0.15) is 11.6 Å². The molecule has 15 heavy (non-hydrogen) atoms. The Hall–Kier alpha value is -1.10. The van der Waals surface area contributed by atoms with Crippen LogP contribution in [0.1, 0.15) is 18.0 Å². The summed E-state index contributed by atoms with van der Waals surface area (Å²) in [6.45, 7) is -0.449. The summed E-state index contributed by atoms with van der Waals surface area (Å²) < 4.78 is 51.3. The van der Waals surface area contributed by atoms with Crippen molar-refractivity contribution in [1.82, 2.24) is 5.32 Å². The zero-order chi connectivity index (χ0) is 11.1. The molecule has 1 aliphatic rings. The maximum atomic E-state index is 12.8. The van der Waals surface area contributed by atoms with Gasteiger partial charge in [0, 0.05) is 18.5 Å². The molecule has 0 aromatic heterocycles. The van der Waals surface area contributed by atoms with Crippen LogP contribution >= 0.6 is 0 Å². The SMILES string of the molecule is Fc1cc(F)cc([C@H]2CC(F)(F)CN2)c1. The van der Waals surface area contributed by atoms with Crippen molar-refractivity contribution < 1.29 is 17.6 Å². The third kappa shape index (κ3) is 2.28. The molecule has 5 heteroatoms. The van der Waals surface area contributed by atoms with E-state index in [9.17, 15) is 17.6 Å². The van der Waals surface area contributed by atoms with Crippen LogP contribution in [-0.4, -0.2) is 12.5 Å². The summed E-state index contributed by atoms with van der Waals surface area (Å²) in [5, 5.41) is 2.53. The molecule has 0 bridgehead atoms. The van der Waals surface area contributed by atoms with Gasteiger partial charge in [-0.2, -0.15) is 0 Å². The Morgan fingerprint density at radius 3 is 2.20 bits per heavy atom. The molecule has 1 saturated heterocycles. The Labute approximate surface area is 84.1 Å². The molecule has 1 nitrogen and oxygen atoms in total. The van der Waals surface area contributed by atoms with Crippen LogP contribution in [0.2, 0.25) is 0 Å². The van der Waals surface area contributed by atoms with Gasteiger partial charge in [0.05, 0.1) is 6.54 Å². The lowest BCUT2D eigenvalue weighted by Crippen LogP contribution is -2.19. The predicted octanol–water partition coefficient (Wildman–Crippen LogP) is 2.63. The molecule has 0 saturated carbocycles. The lowest BCUT2D eigenvalue weighted by Gasteiger charge is -2.10. The standard InChI is InChI=1S/C10H9F4N/c11-7-1-6(2-8(12)3-7)9-4-10(13,14)5-15-9/h1-3,9,15H,4-5H2/t9-/m1/s1. The third-order valence-electron chi connectivity index (χ3n) is 2.40. The van der Waals surface area contributed by atoms with Gasteiger partial charge in [-0.25, -0.2) is 17.6 Å². The summed E-state index contributed by atoms with van der Waals surface area (Å²) in [5.41, 5.74) is 0.227. The second-order valence-electron chi connectivity index (χ2n) is 3.70. The van der Waals surface area contributed by atoms with E-state index in [2.05, 4.69) is 5.32 Å². The van der Waals surface area contributed by atoms with Crippen molar-refractivity contribution >= 4 is 0 Å². The quantitative estimate of drug-likeness (QED) is 0.716. The van der Waals surface area contributed by atoms with Crippen molar-refractivity contribution in [2.24, 2.45) is 0 Å². The Morgan fingerprint density at radius 2 is 1.73 bits per heavy atom. The second-order valence-corrected chi connectivity index (χ2v) is 3.70. The molecule has 1 fully saturated rings. The van der Waals surface area contributed by atoms with Crippen LogP contribution in [0.25, 0.3) is 0 Å². The van der Waals surface area contributed by atoms with Gasteiger partial charge in [-0.05, 0) is 17.7 Å². The lowest BCUT2D eigenvalue weighted by atomic mass is 10.0. The van der Waals surface area contributed by atoms with Gasteiger partial charge in [0.2, 0.25) is 0 Å². The lowest BCUT2D eigenvalue weighted by molar-refractivity contribution is 0.0210. The summed E-state index contributed by atoms with van der Waals surface area (Å²) in [6.07, 6.45) is -0.421. The highest BCUT2D eigenvalue weighted by Gasteiger charge is 2.39. The van der Waals surface area contributed by atoms with E-state index in [1.165, 1.54) is 0 Å². The number of hydrogen-bond acceptors (Lipinski definition) is 1. The van der Waals surface area contributed by atoms with Crippen LogP contribution in [0.15, 0.2) is 18.2 Å². The topological polar surface area (TPSA) is 12.0 Å². The van der Waals surface area contributed by atoms with Crippen molar-refractivity contribution in [1.29, 1.82) is 0 Å². The summed E-state index contributed by atoms with van der Waals surface area (Å²) in [5.74, 6) is -4.29. The molecule has 1 aromatic carbocycles. The van der Waals surface area contributed by atoms with E-state index >= 15 is 0 Å². The van der Waals surface area contributed by atoms with Crippen LogP contribution in [0.3, 0.4) is 0 Å². The molecule has 0 amide bonds. The summed E-state index contributed by atoms with van der Waals surface area (Å²) in [4.78, 5) is 0. The second kappa shape index (κ2) is 3.48.